The summed E-state index contributed by atoms with van der Waals surface area (Å²) in [4.78, 5) is 16.9. The Morgan fingerprint density at radius 2 is 1.61 bits per heavy atom. The molecule has 4 rings (SSSR count). The highest BCUT2D eigenvalue weighted by molar-refractivity contribution is 6.01. The average Bonchev–Trinajstić information content (AvgIpc) is 3.15. The second kappa shape index (κ2) is 7.40. The number of hydrogen-bond donors (Lipinski definition) is 1. The second-order valence-electron chi connectivity index (χ2n) is 5.98. The van der Waals surface area contributed by atoms with Crippen LogP contribution >= 0.6 is 0 Å². The summed E-state index contributed by atoms with van der Waals surface area (Å²) in [5.74, 6) is -1.09. The van der Waals surface area contributed by atoms with Gasteiger partial charge in [-0.25, -0.2) is 18.4 Å². The molecule has 3 aromatic carbocycles. The van der Waals surface area contributed by atoms with Gasteiger partial charge >= 0.3 is 0 Å². The number of carbonyl (C=O) groups excluding carboxylic acids is 1. The van der Waals surface area contributed by atoms with Gasteiger partial charge in [-0.3, -0.25) is 4.79 Å². The molecule has 4 aromatic rings. The third-order valence-electron chi connectivity index (χ3n) is 4.00. The molecule has 0 spiro atoms. The van der Waals surface area contributed by atoms with Gasteiger partial charge in [0.25, 0.3) is 5.91 Å². The average molecular weight is 376 g/mol. The molecule has 0 unspecified atom stereocenters. The van der Waals surface area contributed by atoms with Gasteiger partial charge in [0, 0.05) is 11.3 Å². The molecule has 138 valence electrons. The fourth-order valence-electron chi connectivity index (χ4n) is 2.70. The largest absolute Gasteiger partial charge is 0.319 e. The van der Waals surface area contributed by atoms with Crippen molar-refractivity contribution in [1.29, 1.82) is 0 Å². The molecule has 0 saturated carbocycles. The van der Waals surface area contributed by atoms with E-state index >= 15 is 0 Å². The number of nitrogens with one attached hydrogen (secondary N) is 1. The van der Waals surface area contributed by atoms with Gasteiger partial charge in [-0.15, -0.1) is 5.10 Å². The standard InChI is InChI=1S/C21H14F2N4O/c22-15-9-11-18(12-10-15)27-20(14-5-2-1-3-6-14)25-19(26-27)21(28)24-17-8-4-7-16(23)13-17/h1-13H,(H,24,28). The molecule has 7 heteroatoms. The first kappa shape index (κ1) is 17.5. The summed E-state index contributed by atoms with van der Waals surface area (Å²) in [6.07, 6.45) is 0. The lowest BCUT2D eigenvalue weighted by Gasteiger charge is -2.05. The normalized spacial score (nSPS) is 10.6. The van der Waals surface area contributed by atoms with Crippen molar-refractivity contribution >= 4 is 11.6 Å². The van der Waals surface area contributed by atoms with Crippen molar-refractivity contribution in [1.82, 2.24) is 14.8 Å². The Morgan fingerprint density at radius 1 is 0.857 bits per heavy atom. The third-order valence-corrected chi connectivity index (χ3v) is 4.00. The predicted octanol–water partition coefficient (Wildman–Crippen LogP) is 4.46. The highest BCUT2D eigenvalue weighted by Crippen LogP contribution is 2.22. The van der Waals surface area contributed by atoms with Crippen LogP contribution < -0.4 is 5.32 Å². The monoisotopic (exact) mass is 376 g/mol. The van der Waals surface area contributed by atoms with Crippen LogP contribution in [0.15, 0.2) is 78.9 Å². The van der Waals surface area contributed by atoms with Crippen molar-refractivity contribution in [3.05, 3.63) is 96.3 Å². The maximum atomic E-state index is 13.3. The highest BCUT2D eigenvalue weighted by Gasteiger charge is 2.19. The van der Waals surface area contributed by atoms with E-state index in [-0.39, 0.29) is 11.6 Å². The number of benzene rings is 3. The van der Waals surface area contributed by atoms with E-state index in [1.807, 2.05) is 30.3 Å². The van der Waals surface area contributed by atoms with E-state index in [1.165, 1.54) is 35.0 Å². The Bertz CT molecular complexity index is 1120. The molecule has 0 fully saturated rings. The van der Waals surface area contributed by atoms with E-state index in [2.05, 4.69) is 15.4 Å². The Labute approximate surface area is 159 Å². The van der Waals surface area contributed by atoms with Gasteiger partial charge in [0.15, 0.2) is 5.82 Å². The van der Waals surface area contributed by atoms with Crippen LogP contribution in [0, 0.1) is 11.6 Å². The molecular weight excluding hydrogens is 362 g/mol. The number of amides is 1. The van der Waals surface area contributed by atoms with E-state index < -0.39 is 11.7 Å². The molecule has 0 aliphatic carbocycles. The lowest BCUT2D eigenvalue weighted by molar-refractivity contribution is 0.101. The SMILES string of the molecule is O=C(Nc1cccc(F)c1)c1nc(-c2ccccc2)n(-c2ccc(F)cc2)n1. The lowest BCUT2D eigenvalue weighted by Crippen LogP contribution is -2.14. The molecule has 0 saturated heterocycles. The van der Waals surface area contributed by atoms with Gasteiger partial charge in [-0.1, -0.05) is 36.4 Å². The Balaban J connectivity index is 1.74. The van der Waals surface area contributed by atoms with Gasteiger partial charge in [0.05, 0.1) is 5.69 Å². The summed E-state index contributed by atoms with van der Waals surface area (Å²) in [6, 6.07) is 20.4. The van der Waals surface area contributed by atoms with Crippen LogP contribution in [-0.4, -0.2) is 20.7 Å². The zero-order chi connectivity index (χ0) is 19.5. The Hall–Kier alpha value is -3.87. The number of aromatic nitrogens is 3. The van der Waals surface area contributed by atoms with E-state index in [0.717, 1.165) is 5.56 Å². The number of hydrogen-bond acceptors (Lipinski definition) is 3. The molecular formula is C21H14F2N4O. The summed E-state index contributed by atoms with van der Waals surface area (Å²) < 4.78 is 28.1. The summed E-state index contributed by atoms with van der Waals surface area (Å²) >= 11 is 0. The van der Waals surface area contributed by atoms with Crippen molar-refractivity contribution in [2.75, 3.05) is 5.32 Å². The smallest absolute Gasteiger partial charge is 0.295 e. The fraction of sp³-hybridized carbons (Fsp3) is 0. The summed E-state index contributed by atoms with van der Waals surface area (Å²) in [7, 11) is 0. The third kappa shape index (κ3) is 3.64. The zero-order valence-corrected chi connectivity index (χ0v) is 14.5. The quantitative estimate of drug-likeness (QED) is 0.572. The fourth-order valence-corrected chi connectivity index (χ4v) is 2.70. The molecule has 28 heavy (non-hydrogen) atoms. The molecule has 0 bridgehead atoms. The van der Waals surface area contributed by atoms with E-state index in [0.29, 0.717) is 17.2 Å². The van der Waals surface area contributed by atoms with Crippen LogP contribution in [0.4, 0.5) is 14.5 Å². The molecule has 1 amide bonds. The van der Waals surface area contributed by atoms with Crippen LogP contribution in [0.3, 0.4) is 0 Å². The summed E-state index contributed by atoms with van der Waals surface area (Å²) in [6.45, 7) is 0. The molecule has 1 heterocycles. The topological polar surface area (TPSA) is 59.8 Å². The van der Waals surface area contributed by atoms with Crippen molar-refractivity contribution in [3.63, 3.8) is 0 Å². The highest BCUT2D eigenvalue weighted by atomic mass is 19.1. The zero-order valence-electron chi connectivity index (χ0n) is 14.5. The van der Waals surface area contributed by atoms with Crippen molar-refractivity contribution in [3.8, 4) is 17.1 Å². The minimum Gasteiger partial charge on any atom is -0.319 e. The molecule has 1 N–H and O–H groups in total. The molecule has 1 aromatic heterocycles. The molecule has 0 aliphatic heterocycles. The van der Waals surface area contributed by atoms with Gasteiger partial charge in [-0.2, -0.15) is 0 Å². The molecule has 0 radical (unpaired) electrons. The minimum atomic E-state index is -0.580. The van der Waals surface area contributed by atoms with Crippen LogP contribution in [0.1, 0.15) is 10.6 Å². The van der Waals surface area contributed by atoms with Crippen LogP contribution in [0.25, 0.3) is 17.1 Å². The first-order chi connectivity index (χ1) is 13.6. The number of rotatable bonds is 4. The van der Waals surface area contributed by atoms with E-state index in [9.17, 15) is 13.6 Å². The van der Waals surface area contributed by atoms with Crippen molar-refractivity contribution < 1.29 is 13.6 Å². The lowest BCUT2D eigenvalue weighted by atomic mass is 10.2. The summed E-state index contributed by atoms with van der Waals surface area (Å²) in [5, 5.41) is 6.86. The predicted molar refractivity (Wildman–Crippen MR) is 101 cm³/mol. The van der Waals surface area contributed by atoms with Gasteiger partial charge in [0.1, 0.15) is 11.6 Å². The van der Waals surface area contributed by atoms with Gasteiger partial charge in [-0.05, 0) is 42.5 Å². The molecule has 0 aliphatic rings. The first-order valence-electron chi connectivity index (χ1n) is 8.45. The molecule has 0 atom stereocenters. The Kier molecular flexibility index (Phi) is 4.63. The van der Waals surface area contributed by atoms with Crippen LogP contribution in [0.2, 0.25) is 0 Å². The van der Waals surface area contributed by atoms with Crippen LogP contribution in [-0.2, 0) is 0 Å². The number of halogens is 2. The van der Waals surface area contributed by atoms with E-state index in [1.54, 1.807) is 18.2 Å². The van der Waals surface area contributed by atoms with Gasteiger partial charge in [0.2, 0.25) is 5.82 Å². The Morgan fingerprint density at radius 3 is 2.32 bits per heavy atom. The van der Waals surface area contributed by atoms with Gasteiger partial charge < -0.3 is 5.32 Å². The number of anilines is 1. The van der Waals surface area contributed by atoms with Crippen molar-refractivity contribution in [2.45, 2.75) is 0 Å². The maximum Gasteiger partial charge on any atom is 0.295 e. The van der Waals surface area contributed by atoms with E-state index in [4.69, 9.17) is 0 Å². The first-order valence-corrected chi connectivity index (χ1v) is 8.45. The molecule has 5 nitrogen and oxygen atoms in total. The second-order valence-corrected chi connectivity index (χ2v) is 5.98. The number of carbonyl (C=O) groups is 1. The van der Waals surface area contributed by atoms with Crippen molar-refractivity contribution in [2.24, 2.45) is 0 Å². The summed E-state index contributed by atoms with van der Waals surface area (Å²) in [5.41, 5.74) is 1.59. The van der Waals surface area contributed by atoms with Crippen LogP contribution in [0.5, 0.6) is 0 Å². The number of nitrogens with zero attached hydrogens (tertiary/aromatic N) is 3. The minimum absolute atomic E-state index is 0.0903. The maximum absolute atomic E-state index is 13.3.